The SMILES string of the molecule is Cc1ccccc1N1N=NC2C(=O)N(c3cccc(Cl)c3)C(=O)C21. The number of imide groups is 1. The van der Waals surface area contributed by atoms with Crippen molar-refractivity contribution in [2.75, 3.05) is 9.91 Å². The van der Waals surface area contributed by atoms with Gasteiger partial charge in [-0.2, -0.15) is 5.11 Å². The number of halogens is 1. The van der Waals surface area contributed by atoms with Crippen LogP contribution in [-0.4, -0.2) is 23.9 Å². The molecule has 0 saturated carbocycles. The summed E-state index contributed by atoms with van der Waals surface area (Å²) in [6.07, 6.45) is 0. The van der Waals surface area contributed by atoms with Crippen molar-refractivity contribution in [2.45, 2.75) is 19.0 Å². The number of aryl methyl sites for hydroxylation is 1. The lowest BCUT2D eigenvalue weighted by molar-refractivity contribution is -0.121. The van der Waals surface area contributed by atoms with Gasteiger partial charge in [0, 0.05) is 5.02 Å². The van der Waals surface area contributed by atoms with Crippen LogP contribution in [0.4, 0.5) is 11.4 Å². The van der Waals surface area contributed by atoms with Gasteiger partial charge in [0.05, 0.1) is 11.4 Å². The Morgan fingerprint density at radius 3 is 2.58 bits per heavy atom. The first-order valence-corrected chi connectivity index (χ1v) is 7.85. The molecule has 0 N–H and O–H groups in total. The quantitative estimate of drug-likeness (QED) is 0.789. The maximum Gasteiger partial charge on any atom is 0.263 e. The highest BCUT2D eigenvalue weighted by Gasteiger charge is 2.55. The molecule has 2 unspecified atom stereocenters. The Morgan fingerprint density at radius 1 is 1.04 bits per heavy atom. The third-order valence-electron chi connectivity index (χ3n) is 4.21. The summed E-state index contributed by atoms with van der Waals surface area (Å²) in [5.74, 6) is -0.729. The molecule has 0 bridgehead atoms. The molecule has 120 valence electrons. The zero-order valence-corrected chi connectivity index (χ0v) is 13.5. The van der Waals surface area contributed by atoms with Crippen LogP contribution in [-0.2, 0) is 9.59 Å². The van der Waals surface area contributed by atoms with E-state index in [1.165, 1.54) is 5.01 Å². The van der Waals surface area contributed by atoms with Crippen LogP contribution in [0.5, 0.6) is 0 Å². The lowest BCUT2D eigenvalue weighted by atomic mass is 10.1. The van der Waals surface area contributed by atoms with Crippen molar-refractivity contribution in [1.29, 1.82) is 0 Å². The molecule has 4 rings (SSSR count). The van der Waals surface area contributed by atoms with Crippen LogP contribution in [0.3, 0.4) is 0 Å². The fraction of sp³-hybridized carbons (Fsp3) is 0.176. The standard InChI is InChI=1S/C17H13ClN4O2/c1-10-5-2-3-8-13(10)22-15-14(19-20-22)16(23)21(17(15)24)12-7-4-6-11(18)9-12/h2-9,14-15H,1H3. The number of hydrogen-bond donors (Lipinski definition) is 0. The smallest absolute Gasteiger partial charge is 0.263 e. The predicted octanol–water partition coefficient (Wildman–Crippen LogP) is 3.15. The molecule has 2 aliphatic rings. The molecule has 0 spiro atoms. The Hall–Kier alpha value is -2.73. The number of fused-ring (bicyclic) bond motifs is 1. The van der Waals surface area contributed by atoms with Crippen molar-refractivity contribution < 1.29 is 9.59 Å². The molecule has 2 aromatic carbocycles. The van der Waals surface area contributed by atoms with Crippen LogP contribution in [0.25, 0.3) is 0 Å². The van der Waals surface area contributed by atoms with E-state index in [2.05, 4.69) is 10.3 Å². The maximum atomic E-state index is 12.9. The lowest BCUT2D eigenvalue weighted by Gasteiger charge is -2.22. The van der Waals surface area contributed by atoms with E-state index < -0.39 is 12.1 Å². The first-order chi connectivity index (χ1) is 11.6. The van der Waals surface area contributed by atoms with Gasteiger partial charge in [-0.05, 0) is 36.8 Å². The van der Waals surface area contributed by atoms with E-state index in [9.17, 15) is 9.59 Å². The van der Waals surface area contributed by atoms with E-state index in [1.807, 2.05) is 31.2 Å². The second-order valence-corrected chi connectivity index (χ2v) is 6.15. The topological polar surface area (TPSA) is 65.3 Å². The molecular weight excluding hydrogens is 328 g/mol. The summed E-state index contributed by atoms with van der Waals surface area (Å²) in [5.41, 5.74) is 2.17. The van der Waals surface area contributed by atoms with Gasteiger partial charge in [-0.15, -0.1) is 0 Å². The van der Waals surface area contributed by atoms with Crippen LogP contribution in [0.15, 0.2) is 58.9 Å². The highest BCUT2D eigenvalue weighted by atomic mass is 35.5. The number of rotatable bonds is 2. The second-order valence-electron chi connectivity index (χ2n) is 5.72. The van der Waals surface area contributed by atoms with Crippen molar-refractivity contribution >= 4 is 34.8 Å². The van der Waals surface area contributed by atoms with Gasteiger partial charge in [-0.3, -0.25) is 9.59 Å². The van der Waals surface area contributed by atoms with Gasteiger partial charge in [0.2, 0.25) is 0 Å². The summed E-state index contributed by atoms with van der Waals surface area (Å²) in [6.45, 7) is 1.92. The molecule has 2 amide bonds. The second kappa shape index (κ2) is 5.42. The van der Waals surface area contributed by atoms with Crippen molar-refractivity contribution in [3.63, 3.8) is 0 Å². The zero-order valence-electron chi connectivity index (χ0n) is 12.8. The average Bonchev–Trinajstić information content (AvgIpc) is 3.09. The largest absolute Gasteiger partial charge is 0.271 e. The zero-order chi connectivity index (χ0) is 16.8. The summed E-state index contributed by atoms with van der Waals surface area (Å²) < 4.78 is 0. The summed E-state index contributed by atoms with van der Waals surface area (Å²) in [5, 5.41) is 10.1. The number of carbonyl (C=O) groups excluding carboxylic acids is 2. The van der Waals surface area contributed by atoms with Gasteiger partial charge in [-0.25, -0.2) is 9.91 Å². The Bertz CT molecular complexity index is 882. The van der Waals surface area contributed by atoms with E-state index in [0.29, 0.717) is 10.7 Å². The van der Waals surface area contributed by atoms with E-state index in [1.54, 1.807) is 24.3 Å². The average molecular weight is 341 g/mol. The Balaban J connectivity index is 1.74. The van der Waals surface area contributed by atoms with E-state index in [0.717, 1.165) is 16.2 Å². The van der Waals surface area contributed by atoms with E-state index in [-0.39, 0.29) is 11.8 Å². The first kappa shape index (κ1) is 14.8. The summed E-state index contributed by atoms with van der Waals surface area (Å²) >= 11 is 5.98. The fourth-order valence-corrected chi connectivity index (χ4v) is 3.23. The molecule has 0 aromatic heterocycles. The number of benzene rings is 2. The predicted molar refractivity (Wildman–Crippen MR) is 90.0 cm³/mol. The number of anilines is 2. The van der Waals surface area contributed by atoms with Crippen LogP contribution in [0, 0.1) is 6.92 Å². The van der Waals surface area contributed by atoms with Crippen molar-refractivity contribution in [1.82, 2.24) is 0 Å². The van der Waals surface area contributed by atoms with Crippen LogP contribution in [0.1, 0.15) is 5.56 Å². The molecule has 6 nitrogen and oxygen atoms in total. The van der Waals surface area contributed by atoms with Gasteiger partial charge >= 0.3 is 0 Å². The highest BCUT2D eigenvalue weighted by Crippen LogP contribution is 2.36. The van der Waals surface area contributed by atoms with Crippen LogP contribution < -0.4 is 9.91 Å². The van der Waals surface area contributed by atoms with Gasteiger partial charge < -0.3 is 0 Å². The number of para-hydroxylation sites is 1. The van der Waals surface area contributed by atoms with Gasteiger partial charge in [0.15, 0.2) is 12.1 Å². The van der Waals surface area contributed by atoms with Crippen LogP contribution >= 0.6 is 11.6 Å². The van der Waals surface area contributed by atoms with Gasteiger partial charge in [0.1, 0.15) is 0 Å². The lowest BCUT2D eigenvalue weighted by Crippen LogP contribution is -2.40. The Labute approximate surface area is 143 Å². The molecule has 1 fully saturated rings. The molecule has 0 aliphatic carbocycles. The minimum atomic E-state index is -0.823. The minimum absolute atomic E-state index is 0.347. The molecule has 2 aliphatic heterocycles. The Morgan fingerprint density at radius 2 is 1.83 bits per heavy atom. The maximum absolute atomic E-state index is 12.9. The number of nitrogens with zero attached hydrogens (tertiary/aromatic N) is 4. The van der Waals surface area contributed by atoms with E-state index in [4.69, 9.17) is 11.6 Å². The van der Waals surface area contributed by atoms with Crippen LogP contribution in [0.2, 0.25) is 5.02 Å². The number of amides is 2. The molecule has 2 heterocycles. The van der Waals surface area contributed by atoms with Crippen molar-refractivity contribution in [2.24, 2.45) is 10.3 Å². The molecular formula is C17H13ClN4O2. The summed E-state index contributed by atoms with van der Waals surface area (Å²) in [6, 6.07) is 12.6. The first-order valence-electron chi connectivity index (χ1n) is 7.47. The summed E-state index contributed by atoms with van der Waals surface area (Å²) in [7, 11) is 0. The van der Waals surface area contributed by atoms with Crippen molar-refractivity contribution in [3.05, 3.63) is 59.1 Å². The number of carbonyl (C=O) groups is 2. The fourth-order valence-electron chi connectivity index (χ4n) is 3.05. The van der Waals surface area contributed by atoms with E-state index >= 15 is 0 Å². The molecule has 7 heteroatoms. The summed E-state index contributed by atoms with van der Waals surface area (Å²) in [4.78, 5) is 26.7. The van der Waals surface area contributed by atoms with Gasteiger partial charge in [0.25, 0.3) is 11.8 Å². The van der Waals surface area contributed by atoms with Gasteiger partial charge in [-0.1, -0.05) is 41.1 Å². The minimum Gasteiger partial charge on any atom is -0.271 e. The molecule has 2 atom stereocenters. The highest BCUT2D eigenvalue weighted by molar-refractivity contribution is 6.32. The third-order valence-corrected chi connectivity index (χ3v) is 4.45. The molecule has 2 aromatic rings. The normalized spacial score (nSPS) is 22.4. The third kappa shape index (κ3) is 2.11. The molecule has 0 radical (unpaired) electrons. The van der Waals surface area contributed by atoms with Crippen molar-refractivity contribution in [3.8, 4) is 0 Å². The molecule has 24 heavy (non-hydrogen) atoms. The number of hydrogen-bond acceptors (Lipinski definition) is 5. The monoisotopic (exact) mass is 340 g/mol. The Kier molecular flexibility index (Phi) is 3.35. The molecule has 1 saturated heterocycles.